The second-order valence-electron chi connectivity index (χ2n) is 5.15. The molecule has 1 fully saturated rings. The van der Waals surface area contributed by atoms with Gasteiger partial charge in [-0.2, -0.15) is 0 Å². The highest BCUT2D eigenvalue weighted by Gasteiger charge is 2.24. The maximum Gasteiger partial charge on any atom is 0.0208 e. The largest absolute Gasteiger partial charge is 0.326 e. The van der Waals surface area contributed by atoms with Crippen LogP contribution in [0.4, 0.5) is 0 Å². The summed E-state index contributed by atoms with van der Waals surface area (Å²) in [7, 11) is 0. The monoisotopic (exact) mass is 232 g/mol. The summed E-state index contributed by atoms with van der Waals surface area (Å²) in [5.74, 6) is 0. The Bertz CT molecular complexity index is 323. The van der Waals surface area contributed by atoms with Crippen LogP contribution < -0.4 is 5.73 Å². The molecule has 2 N–H and O–H groups in total. The third-order valence-corrected chi connectivity index (χ3v) is 3.78. The first kappa shape index (κ1) is 12.6. The van der Waals surface area contributed by atoms with Crippen molar-refractivity contribution in [2.24, 2.45) is 5.73 Å². The Hall–Kier alpha value is -0.860. The molecule has 1 aliphatic rings. The lowest BCUT2D eigenvalue weighted by molar-refractivity contribution is 0.233. The van der Waals surface area contributed by atoms with E-state index in [-0.39, 0.29) is 6.04 Å². The van der Waals surface area contributed by atoms with Crippen molar-refractivity contribution in [1.29, 1.82) is 0 Å². The van der Waals surface area contributed by atoms with E-state index in [4.69, 9.17) is 5.73 Å². The Morgan fingerprint density at radius 1 is 1.35 bits per heavy atom. The summed E-state index contributed by atoms with van der Waals surface area (Å²) in [5.41, 5.74) is 7.61. The van der Waals surface area contributed by atoms with E-state index in [1.807, 2.05) is 0 Å². The minimum Gasteiger partial charge on any atom is -0.326 e. The lowest BCUT2D eigenvalue weighted by Crippen LogP contribution is -2.41. The smallest absolute Gasteiger partial charge is 0.0208 e. The van der Waals surface area contributed by atoms with Crippen LogP contribution in [0.25, 0.3) is 0 Å². The molecule has 1 heterocycles. The Kier molecular flexibility index (Phi) is 4.57. The fraction of sp³-hybridized carbons (Fsp3) is 0.600. The quantitative estimate of drug-likeness (QED) is 0.845. The number of nitrogens with two attached hydrogens (primary N) is 1. The lowest BCUT2D eigenvalue weighted by atomic mass is 10.1. The Morgan fingerprint density at radius 2 is 2.12 bits per heavy atom. The van der Waals surface area contributed by atoms with Crippen molar-refractivity contribution < 1.29 is 0 Å². The first-order valence-electron chi connectivity index (χ1n) is 6.83. The number of hydrogen-bond acceptors (Lipinski definition) is 2. The van der Waals surface area contributed by atoms with Gasteiger partial charge in [-0.15, -0.1) is 0 Å². The molecule has 0 aromatic heterocycles. The van der Waals surface area contributed by atoms with Crippen molar-refractivity contribution in [3.8, 4) is 0 Å². The lowest BCUT2D eigenvalue weighted by Gasteiger charge is -2.26. The number of rotatable bonds is 5. The molecule has 2 unspecified atom stereocenters. The van der Waals surface area contributed by atoms with Gasteiger partial charge in [-0.25, -0.2) is 0 Å². The van der Waals surface area contributed by atoms with Crippen LogP contribution in [0.1, 0.15) is 31.7 Å². The summed E-state index contributed by atoms with van der Waals surface area (Å²) < 4.78 is 0. The average Bonchev–Trinajstić information content (AvgIpc) is 2.77. The molecule has 2 atom stereocenters. The van der Waals surface area contributed by atoms with Crippen LogP contribution in [0.15, 0.2) is 30.3 Å². The van der Waals surface area contributed by atoms with Crippen LogP contribution in [-0.2, 0) is 6.42 Å². The fourth-order valence-electron chi connectivity index (χ4n) is 2.88. The van der Waals surface area contributed by atoms with Crippen molar-refractivity contribution >= 4 is 0 Å². The normalized spacial score (nSPS) is 22.8. The van der Waals surface area contributed by atoms with E-state index in [0.29, 0.717) is 0 Å². The summed E-state index contributed by atoms with van der Waals surface area (Å²) in [4.78, 5) is 2.58. The first-order chi connectivity index (χ1) is 8.29. The number of hydrogen-bond donors (Lipinski definition) is 1. The summed E-state index contributed by atoms with van der Waals surface area (Å²) in [6, 6.07) is 11.6. The van der Waals surface area contributed by atoms with E-state index in [1.165, 1.54) is 31.4 Å². The molecule has 0 bridgehead atoms. The molecule has 1 saturated heterocycles. The minimum atomic E-state index is 0.268. The van der Waals surface area contributed by atoms with Crippen molar-refractivity contribution in [2.45, 2.75) is 44.7 Å². The average molecular weight is 232 g/mol. The van der Waals surface area contributed by atoms with Gasteiger partial charge in [0.1, 0.15) is 0 Å². The Labute approximate surface area is 105 Å². The maximum atomic E-state index is 6.26. The molecular weight excluding hydrogens is 208 g/mol. The van der Waals surface area contributed by atoms with Crippen molar-refractivity contribution in [1.82, 2.24) is 4.90 Å². The third-order valence-electron chi connectivity index (χ3n) is 3.78. The SMILES string of the molecule is CCC1CCCN1CC(N)Cc1ccccc1. The molecule has 1 aliphatic heterocycles. The zero-order valence-corrected chi connectivity index (χ0v) is 10.8. The van der Waals surface area contributed by atoms with E-state index < -0.39 is 0 Å². The predicted octanol–water partition coefficient (Wildman–Crippen LogP) is 2.43. The van der Waals surface area contributed by atoms with Gasteiger partial charge in [-0.05, 0) is 37.8 Å². The molecule has 2 heteroatoms. The molecule has 17 heavy (non-hydrogen) atoms. The van der Waals surface area contributed by atoms with Gasteiger partial charge < -0.3 is 5.73 Å². The van der Waals surface area contributed by atoms with Gasteiger partial charge in [0, 0.05) is 18.6 Å². The zero-order valence-electron chi connectivity index (χ0n) is 10.8. The standard InChI is InChI=1S/C15H24N2/c1-2-15-9-6-10-17(15)12-14(16)11-13-7-4-3-5-8-13/h3-5,7-8,14-15H,2,6,9-12,16H2,1H3. The third kappa shape index (κ3) is 3.55. The van der Waals surface area contributed by atoms with Crippen LogP contribution >= 0.6 is 0 Å². The molecule has 1 aromatic carbocycles. The van der Waals surface area contributed by atoms with Crippen LogP contribution in [0.3, 0.4) is 0 Å². The molecule has 2 nitrogen and oxygen atoms in total. The zero-order chi connectivity index (χ0) is 12.1. The second kappa shape index (κ2) is 6.18. The van der Waals surface area contributed by atoms with Crippen LogP contribution in [0.5, 0.6) is 0 Å². The molecule has 0 radical (unpaired) electrons. The van der Waals surface area contributed by atoms with Crippen molar-refractivity contribution in [2.75, 3.05) is 13.1 Å². The summed E-state index contributed by atoms with van der Waals surface area (Å²) >= 11 is 0. The van der Waals surface area contributed by atoms with E-state index in [0.717, 1.165) is 19.0 Å². The second-order valence-corrected chi connectivity index (χ2v) is 5.15. The first-order valence-corrected chi connectivity index (χ1v) is 6.83. The van der Waals surface area contributed by atoms with E-state index in [2.05, 4.69) is 42.2 Å². The van der Waals surface area contributed by atoms with Gasteiger partial charge >= 0.3 is 0 Å². The van der Waals surface area contributed by atoms with Crippen molar-refractivity contribution in [3.63, 3.8) is 0 Å². The van der Waals surface area contributed by atoms with Gasteiger partial charge in [0.2, 0.25) is 0 Å². The van der Waals surface area contributed by atoms with Crippen molar-refractivity contribution in [3.05, 3.63) is 35.9 Å². The van der Waals surface area contributed by atoms with E-state index in [9.17, 15) is 0 Å². The molecule has 0 amide bonds. The molecule has 0 spiro atoms. The van der Waals surface area contributed by atoms with E-state index >= 15 is 0 Å². The Morgan fingerprint density at radius 3 is 2.82 bits per heavy atom. The van der Waals surface area contributed by atoms with Crippen LogP contribution in [0, 0.1) is 0 Å². The van der Waals surface area contributed by atoms with Crippen LogP contribution in [-0.4, -0.2) is 30.1 Å². The van der Waals surface area contributed by atoms with Gasteiger partial charge in [0.05, 0.1) is 0 Å². The fourth-order valence-corrected chi connectivity index (χ4v) is 2.88. The van der Waals surface area contributed by atoms with Gasteiger partial charge in [-0.1, -0.05) is 37.3 Å². The molecular formula is C15H24N2. The number of benzene rings is 1. The highest BCUT2D eigenvalue weighted by Crippen LogP contribution is 2.19. The topological polar surface area (TPSA) is 29.3 Å². The van der Waals surface area contributed by atoms with Crippen LogP contribution in [0.2, 0.25) is 0 Å². The predicted molar refractivity (Wildman–Crippen MR) is 73.0 cm³/mol. The molecule has 1 aromatic rings. The highest BCUT2D eigenvalue weighted by molar-refractivity contribution is 5.15. The summed E-state index contributed by atoms with van der Waals surface area (Å²) in [6.45, 7) is 4.57. The highest BCUT2D eigenvalue weighted by atomic mass is 15.2. The molecule has 2 rings (SSSR count). The summed E-state index contributed by atoms with van der Waals surface area (Å²) in [5, 5.41) is 0. The van der Waals surface area contributed by atoms with Gasteiger partial charge in [0.15, 0.2) is 0 Å². The Balaban J connectivity index is 1.83. The molecule has 94 valence electrons. The minimum absolute atomic E-state index is 0.268. The molecule has 0 saturated carbocycles. The van der Waals surface area contributed by atoms with E-state index in [1.54, 1.807) is 0 Å². The number of likely N-dealkylation sites (tertiary alicyclic amines) is 1. The molecule has 0 aliphatic carbocycles. The summed E-state index contributed by atoms with van der Waals surface area (Å²) in [6.07, 6.45) is 4.96. The van der Waals surface area contributed by atoms with Gasteiger partial charge in [-0.3, -0.25) is 4.90 Å². The number of nitrogens with zero attached hydrogens (tertiary/aromatic N) is 1. The van der Waals surface area contributed by atoms with Gasteiger partial charge in [0.25, 0.3) is 0 Å². The maximum absolute atomic E-state index is 6.26.